The fourth-order valence-electron chi connectivity index (χ4n) is 0.433. The van der Waals surface area contributed by atoms with Crippen LogP contribution < -0.4 is 0 Å². The first-order valence-corrected chi connectivity index (χ1v) is 3.53. The van der Waals surface area contributed by atoms with Gasteiger partial charge in [-0.15, -0.1) is 0 Å². The van der Waals surface area contributed by atoms with Crippen LogP contribution in [0.1, 0.15) is 13.8 Å². The first-order valence-electron chi connectivity index (χ1n) is 3.53. The zero-order valence-corrected chi connectivity index (χ0v) is 6.78. The third-order valence-corrected chi connectivity index (χ3v) is 1.29. The summed E-state index contributed by atoms with van der Waals surface area (Å²) in [6.07, 6.45) is -0.788. The summed E-state index contributed by atoms with van der Waals surface area (Å²) in [6.45, 7) is 3.55. The van der Waals surface area contributed by atoms with Gasteiger partial charge in [-0.1, -0.05) is 6.92 Å². The molecule has 0 spiro atoms. The van der Waals surface area contributed by atoms with E-state index < -0.39 is 12.1 Å². The largest absolute Gasteiger partial charge is 0.479 e. The molecular formula is C7H14O4. The summed E-state index contributed by atoms with van der Waals surface area (Å²) in [5.41, 5.74) is 0. The molecule has 0 aliphatic heterocycles. The number of carboxylic acid groups (broad SMARTS) is 1. The van der Waals surface area contributed by atoms with E-state index in [-0.39, 0.29) is 19.1 Å². The number of aliphatic carboxylic acids is 1. The highest BCUT2D eigenvalue weighted by molar-refractivity contribution is 5.71. The standard InChI is InChI=1S/C7H14O4/c1-5(3-8)4-11-6(2)7(9)10/h5-6,8H,3-4H2,1-2H3,(H,9,10)/t5?,6-/m0/s1. The number of aliphatic hydroxyl groups excluding tert-OH is 1. The van der Waals surface area contributed by atoms with Gasteiger partial charge >= 0.3 is 5.97 Å². The van der Waals surface area contributed by atoms with Crippen LogP contribution in [0.3, 0.4) is 0 Å². The van der Waals surface area contributed by atoms with E-state index in [1.165, 1.54) is 6.92 Å². The van der Waals surface area contributed by atoms with Crippen LogP contribution in [0.15, 0.2) is 0 Å². The summed E-state index contributed by atoms with van der Waals surface area (Å²) < 4.78 is 4.90. The van der Waals surface area contributed by atoms with Gasteiger partial charge in [0.05, 0.1) is 6.61 Å². The predicted octanol–water partition coefficient (Wildman–Crippen LogP) is 0.104. The topological polar surface area (TPSA) is 66.8 Å². The van der Waals surface area contributed by atoms with E-state index in [1.807, 2.05) is 0 Å². The average molecular weight is 162 g/mol. The van der Waals surface area contributed by atoms with Crippen LogP contribution in [0.2, 0.25) is 0 Å². The first kappa shape index (κ1) is 10.4. The number of carbonyl (C=O) groups is 1. The van der Waals surface area contributed by atoms with Crippen LogP contribution in [-0.2, 0) is 9.53 Å². The van der Waals surface area contributed by atoms with Crippen molar-refractivity contribution in [3.05, 3.63) is 0 Å². The van der Waals surface area contributed by atoms with Crippen molar-refractivity contribution in [2.45, 2.75) is 20.0 Å². The number of ether oxygens (including phenoxy) is 1. The maximum Gasteiger partial charge on any atom is 0.332 e. The lowest BCUT2D eigenvalue weighted by atomic mass is 10.2. The fourth-order valence-corrected chi connectivity index (χ4v) is 0.433. The monoisotopic (exact) mass is 162 g/mol. The second-order valence-corrected chi connectivity index (χ2v) is 2.60. The zero-order chi connectivity index (χ0) is 8.85. The van der Waals surface area contributed by atoms with Crippen LogP contribution in [0.4, 0.5) is 0 Å². The van der Waals surface area contributed by atoms with Crippen LogP contribution in [0, 0.1) is 5.92 Å². The van der Waals surface area contributed by atoms with Crippen molar-refractivity contribution in [1.82, 2.24) is 0 Å². The Hall–Kier alpha value is -0.610. The van der Waals surface area contributed by atoms with Crippen LogP contribution in [0.5, 0.6) is 0 Å². The third-order valence-electron chi connectivity index (χ3n) is 1.29. The Morgan fingerprint density at radius 3 is 2.45 bits per heavy atom. The molecule has 0 aliphatic carbocycles. The summed E-state index contributed by atoms with van der Waals surface area (Å²) in [6, 6.07) is 0. The second kappa shape index (κ2) is 5.09. The number of carboxylic acids is 1. The van der Waals surface area contributed by atoms with Crippen LogP contribution in [0.25, 0.3) is 0 Å². The fraction of sp³-hybridized carbons (Fsp3) is 0.857. The van der Waals surface area contributed by atoms with E-state index in [0.29, 0.717) is 0 Å². The van der Waals surface area contributed by atoms with Gasteiger partial charge in [0.15, 0.2) is 6.10 Å². The molecular weight excluding hydrogens is 148 g/mol. The summed E-state index contributed by atoms with van der Waals surface area (Å²) in [7, 11) is 0. The Morgan fingerprint density at radius 2 is 2.09 bits per heavy atom. The molecule has 2 atom stereocenters. The molecule has 0 saturated carbocycles. The normalized spacial score (nSPS) is 15.9. The molecule has 2 N–H and O–H groups in total. The minimum absolute atomic E-state index is 0.00296. The highest BCUT2D eigenvalue weighted by Gasteiger charge is 2.11. The number of hydrogen-bond acceptors (Lipinski definition) is 3. The van der Waals surface area contributed by atoms with E-state index >= 15 is 0 Å². The zero-order valence-electron chi connectivity index (χ0n) is 6.78. The average Bonchev–Trinajstić information content (AvgIpc) is 1.99. The molecule has 0 aliphatic rings. The Balaban J connectivity index is 3.45. The maximum absolute atomic E-state index is 10.2. The van der Waals surface area contributed by atoms with E-state index in [4.69, 9.17) is 14.9 Å². The van der Waals surface area contributed by atoms with Crippen LogP contribution in [-0.4, -0.2) is 35.5 Å². The van der Waals surface area contributed by atoms with Crippen molar-refractivity contribution in [1.29, 1.82) is 0 Å². The molecule has 0 aromatic rings. The Kier molecular flexibility index (Phi) is 4.81. The van der Waals surface area contributed by atoms with E-state index in [9.17, 15) is 4.79 Å². The predicted molar refractivity (Wildman–Crippen MR) is 39.3 cm³/mol. The lowest BCUT2D eigenvalue weighted by Crippen LogP contribution is -2.23. The van der Waals surface area contributed by atoms with Crippen molar-refractivity contribution < 1.29 is 19.7 Å². The second-order valence-electron chi connectivity index (χ2n) is 2.60. The smallest absolute Gasteiger partial charge is 0.332 e. The molecule has 0 saturated heterocycles. The van der Waals surface area contributed by atoms with Crippen LogP contribution >= 0.6 is 0 Å². The first-order chi connectivity index (χ1) is 5.07. The third kappa shape index (κ3) is 4.75. The van der Waals surface area contributed by atoms with E-state index in [1.54, 1.807) is 6.92 Å². The van der Waals surface area contributed by atoms with Crippen molar-refractivity contribution in [3.63, 3.8) is 0 Å². The molecule has 0 amide bonds. The summed E-state index contributed by atoms with van der Waals surface area (Å²) in [5, 5.41) is 16.9. The van der Waals surface area contributed by atoms with Gasteiger partial charge in [0.25, 0.3) is 0 Å². The Bertz CT molecular complexity index is 124. The quantitative estimate of drug-likeness (QED) is 0.602. The molecule has 0 aromatic carbocycles. The summed E-state index contributed by atoms with van der Waals surface area (Å²) in [4.78, 5) is 10.2. The van der Waals surface area contributed by atoms with Gasteiger partial charge in [-0.05, 0) is 6.92 Å². The van der Waals surface area contributed by atoms with Gasteiger partial charge in [-0.3, -0.25) is 0 Å². The highest BCUT2D eigenvalue weighted by Crippen LogP contribution is 1.97. The van der Waals surface area contributed by atoms with Crippen molar-refractivity contribution in [2.75, 3.05) is 13.2 Å². The van der Waals surface area contributed by atoms with E-state index in [0.717, 1.165) is 0 Å². The minimum Gasteiger partial charge on any atom is -0.479 e. The Labute approximate surface area is 65.8 Å². The molecule has 4 nitrogen and oxygen atoms in total. The van der Waals surface area contributed by atoms with Gasteiger partial charge in [-0.2, -0.15) is 0 Å². The summed E-state index contributed by atoms with van der Waals surface area (Å²) in [5.74, 6) is -0.980. The molecule has 0 aromatic heterocycles. The number of hydrogen-bond donors (Lipinski definition) is 2. The SMILES string of the molecule is CC(CO)CO[C@@H](C)C(=O)O. The number of rotatable bonds is 5. The lowest BCUT2D eigenvalue weighted by Gasteiger charge is -2.11. The molecule has 4 heteroatoms. The van der Waals surface area contributed by atoms with Crippen molar-refractivity contribution in [2.24, 2.45) is 5.92 Å². The molecule has 1 unspecified atom stereocenters. The molecule has 0 bridgehead atoms. The van der Waals surface area contributed by atoms with E-state index in [2.05, 4.69) is 0 Å². The van der Waals surface area contributed by atoms with Crippen molar-refractivity contribution >= 4 is 5.97 Å². The molecule has 11 heavy (non-hydrogen) atoms. The van der Waals surface area contributed by atoms with Gasteiger partial charge in [-0.25, -0.2) is 4.79 Å². The minimum atomic E-state index is -0.977. The van der Waals surface area contributed by atoms with Crippen molar-refractivity contribution in [3.8, 4) is 0 Å². The summed E-state index contributed by atoms with van der Waals surface area (Å²) >= 11 is 0. The molecule has 0 fully saturated rings. The molecule has 66 valence electrons. The Morgan fingerprint density at radius 1 is 1.55 bits per heavy atom. The van der Waals surface area contributed by atoms with Gasteiger partial charge in [0, 0.05) is 12.5 Å². The van der Waals surface area contributed by atoms with Gasteiger partial charge in [0.2, 0.25) is 0 Å². The maximum atomic E-state index is 10.2. The molecule has 0 heterocycles. The van der Waals surface area contributed by atoms with Gasteiger partial charge < -0.3 is 14.9 Å². The van der Waals surface area contributed by atoms with Gasteiger partial charge in [0.1, 0.15) is 0 Å². The molecule has 0 radical (unpaired) electrons. The lowest BCUT2D eigenvalue weighted by molar-refractivity contribution is -0.150. The number of aliphatic hydroxyl groups is 1. The highest BCUT2D eigenvalue weighted by atomic mass is 16.5. The molecule has 0 rings (SSSR count).